The average Bonchev–Trinajstić information content (AvgIpc) is 3.04. The lowest BCUT2D eigenvalue weighted by Crippen LogP contribution is -2.27. The number of pyridine rings is 1. The molecule has 1 aliphatic heterocycles. The molecule has 0 aliphatic carbocycles. The van der Waals surface area contributed by atoms with E-state index in [0.717, 1.165) is 6.07 Å². The molecule has 1 amide bonds. The molecule has 0 unspecified atom stereocenters. The van der Waals surface area contributed by atoms with Crippen LogP contribution in [0.3, 0.4) is 0 Å². The minimum atomic E-state index is -4.52. The van der Waals surface area contributed by atoms with Crippen molar-refractivity contribution < 1.29 is 22.7 Å². The number of benzene rings is 1. The number of para-hydroxylation sites is 1. The van der Waals surface area contributed by atoms with Crippen molar-refractivity contribution in [3.8, 4) is 5.88 Å². The Kier molecular flexibility index (Phi) is 4.95. The van der Waals surface area contributed by atoms with Crippen LogP contribution in [-0.2, 0) is 6.18 Å². The molecule has 1 aromatic carbocycles. The van der Waals surface area contributed by atoms with Gasteiger partial charge in [-0.2, -0.15) is 13.2 Å². The van der Waals surface area contributed by atoms with Gasteiger partial charge in [0, 0.05) is 24.8 Å². The van der Waals surface area contributed by atoms with E-state index in [1.54, 1.807) is 24.3 Å². The molecule has 0 spiro atoms. The summed E-state index contributed by atoms with van der Waals surface area (Å²) < 4.78 is 43.6. The first-order valence-electron chi connectivity index (χ1n) is 7.79. The lowest BCUT2D eigenvalue weighted by atomic mass is 10.1. The fraction of sp³-hybridized carbons (Fsp3) is 0.294. The molecule has 138 valence electrons. The Morgan fingerprint density at radius 3 is 2.73 bits per heavy atom. The SMILES string of the molecule is NC(=O)c1ccccc1N1CC[C@H](Oc2ncc(C(F)(F)F)cc2Cl)C1. The van der Waals surface area contributed by atoms with E-state index in [1.165, 1.54) is 0 Å². The molecule has 26 heavy (non-hydrogen) atoms. The Labute approximate surface area is 152 Å². The maximum atomic E-state index is 12.7. The molecule has 0 bridgehead atoms. The van der Waals surface area contributed by atoms with Crippen molar-refractivity contribution in [3.05, 3.63) is 52.7 Å². The summed E-state index contributed by atoms with van der Waals surface area (Å²) in [5, 5.41) is -0.198. The summed E-state index contributed by atoms with van der Waals surface area (Å²) in [4.78, 5) is 17.2. The topological polar surface area (TPSA) is 68.5 Å². The second-order valence-corrected chi connectivity index (χ2v) is 6.27. The van der Waals surface area contributed by atoms with E-state index in [9.17, 15) is 18.0 Å². The van der Waals surface area contributed by atoms with Crippen molar-refractivity contribution in [2.24, 2.45) is 5.73 Å². The number of carbonyl (C=O) groups is 1. The second-order valence-electron chi connectivity index (χ2n) is 5.86. The molecular formula is C17H15ClF3N3O2. The third-order valence-electron chi connectivity index (χ3n) is 4.07. The van der Waals surface area contributed by atoms with E-state index >= 15 is 0 Å². The molecule has 2 N–H and O–H groups in total. The first-order chi connectivity index (χ1) is 12.3. The highest BCUT2D eigenvalue weighted by Crippen LogP contribution is 2.34. The second kappa shape index (κ2) is 7.03. The normalized spacial score (nSPS) is 17.4. The van der Waals surface area contributed by atoms with Crippen LogP contribution in [0.4, 0.5) is 18.9 Å². The van der Waals surface area contributed by atoms with Gasteiger partial charge in [0.1, 0.15) is 11.1 Å². The Morgan fingerprint density at radius 2 is 2.08 bits per heavy atom. The Morgan fingerprint density at radius 1 is 1.35 bits per heavy atom. The zero-order chi connectivity index (χ0) is 18.9. The maximum absolute atomic E-state index is 12.7. The lowest BCUT2D eigenvalue weighted by Gasteiger charge is -2.21. The molecule has 0 radical (unpaired) electrons. The van der Waals surface area contributed by atoms with E-state index in [4.69, 9.17) is 22.1 Å². The van der Waals surface area contributed by atoms with Crippen molar-refractivity contribution in [3.63, 3.8) is 0 Å². The number of nitrogens with two attached hydrogens (primary N) is 1. The molecule has 1 aromatic heterocycles. The van der Waals surface area contributed by atoms with Crippen LogP contribution in [0.25, 0.3) is 0 Å². The summed E-state index contributed by atoms with van der Waals surface area (Å²) >= 11 is 5.87. The predicted octanol–water partition coefficient (Wildman–Crippen LogP) is 3.51. The Bertz CT molecular complexity index is 829. The number of amides is 1. The summed E-state index contributed by atoms with van der Waals surface area (Å²) in [7, 11) is 0. The number of hydrogen-bond acceptors (Lipinski definition) is 4. The highest BCUT2D eigenvalue weighted by atomic mass is 35.5. The number of halogens is 4. The fourth-order valence-corrected chi connectivity index (χ4v) is 3.04. The van der Waals surface area contributed by atoms with E-state index in [1.807, 2.05) is 4.90 Å². The summed E-state index contributed by atoms with van der Waals surface area (Å²) in [6.45, 7) is 1.04. The van der Waals surface area contributed by atoms with Gasteiger partial charge in [-0.1, -0.05) is 23.7 Å². The van der Waals surface area contributed by atoms with Crippen LogP contribution in [0.1, 0.15) is 22.3 Å². The maximum Gasteiger partial charge on any atom is 0.417 e. The van der Waals surface area contributed by atoms with Gasteiger partial charge in [-0.05, 0) is 18.2 Å². The van der Waals surface area contributed by atoms with Crippen molar-refractivity contribution in [2.45, 2.75) is 18.7 Å². The molecule has 1 saturated heterocycles. The number of rotatable bonds is 4. The number of primary amides is 1. The number of aromatic nitrogens is 1. The van der Waals surface area contributed by atoms with Gasteiger partial charge in [-0.15, -0.1) is 0 Å². The molecule has 1 aliphatic rings. The van der Waals surface area contributed by atoms with Crippen LogP contribution in [-0.4, -0.2) is 30.1 Å². The largest absolute Gasteiger partial charge is 0.471 e. The first-order valence-corrected chi connectivity index (χ1v) is 8.16. The quantitative estimate of drug-likeness (QED) is 0.874. The average molecular weight is 386 g/mol. The number of carbonyl (C=O) groups excluding carboxylic acids is 1. The molecule has 2 aromatic rings. The van der Waals surface area contributed by atoms with Gasteiger partial charge in [0.15, 0.2) is 0 Å². The van der Waals surface area contributed by atoms with Gasteiger partial charge >= 0.3 is 6.18 Å². The highest BCUT2D eigenvalue weighted by molar-refractivity contribution is 6.31. The van der Waals surface area contributed by atoms with Crippen LogP contribution < -0.4 is 15.4 Å². The van der Waals surface area contributed by atoms with Crippen LogP contribution >= 0.6 is 11.6 Å². The van der Waals surface area contributed by atoms with Gasteiger partial charge in [-0.3, -0.25) is 4.79 Å². The first kappa shape index (κ1) is 18.3. The lowest BCUT2D eigenvalue weighted by molar-refractivity contribution is -0.137. The number of anilines is 1. The van der Waals surface area contributed by atoms with Gasteiger partial charge in [0.25, 0.3) is 5.91 Å². The van der Waals surface area contributed by atoms with Crippen molar-refractivity contribution in [2.75, 3.05) is 18.0 Å². The predicted molar refractivity (Wildman–Crippen MR) is 90.5 cm³/mol. The van der Waals surface area contributed by atoms with E-state index in [-0.39, 0.29) is 17.0 Å². The van der Waals surface area contributed by atoms with Crippen LogP contribution in [0.2, 0.25) is 5.02 Å². The molecule has 0 saturated carbocycles. The zero-order valence-electron chi connectivity index (χ0n) is 13.5. The standard InChI is InChI=1S/C17H15ClF3N3O2/c18-13-7-10(17(19,20)21)8-23-16(13)26-11-5-6-24(9-11)14-4-2-1-3-12(14)15(22)25/h1-4,7-8,11H,5-6,9H2,(H2,22,25)/t11-/m0/s1. The monoisotopic (exact) mass is 385 g/mol. The molecule has 9 heteroatoms. The van der Waals surface area contributed by atoms with E-state index < -0.39 is 17.6 Å². The van der Waals surface area contributed by atoms with Gasteiger partial charge < -0.3 is 15.4 Å². The zero-order valence-corrected chi connectivity index (χ0v) is 14.2. The van der Waals surface area contributed by atoms with Crippen LogP contribution in [0.5, 0.6) is 5.88 Å². The smallest absolute Gasteiger partial charge is 0.417 e. The van der Waals surface area contributed by atoms with Crippen molar-refractivity contribution in [1.29, 1.82) is 0 Å². The fourth-order valence-electron chi connectivity index (χ4n) is 2.83. The Hall–Kier alpha value is -2.48. The van der Waals surface area contributed by atoms with E-state index in [2.05, 4.69) is 4.98 Å². The summed E-state index contributed by atoms with van der Waals surface area (Å²) in [6.07, 6.45) is -3.54. The van der Waals surface area contributed by atoms with Crippen LogP contribution in [0.15, 0.2) is 36.5 Å². The van der Waals surface area contributed by atoms with Crippen molar-refractivity contribution >= 4 is 23.2 Å². The number of hydrogen-bond donors (Lipinski definition) is 1. The third-order valence-corrected chi connectivity index (χ3v) is 4.34. The minimum absolute atomic E-state index is 0.0466. The summed E-state index contributed by atoms with van der Waals surface area (Å²) in [6, 6.07) is 7.73. The summed E-state index contributed by atoms with van der Waals surface area (Å²) in [5.74, 6) is -0.577. The number of nitrogens with zero attached hydrogens (tertiary/aromatic N) is 2. The number of alkyl halides is 3. The van der Waals surface area contributed by atoms with Crippen LogP contribution in [0, 0.1) is 0 Å². The highest BCUT2D eigenvalue weighted by Gasteiger charge is 2.32. The van der Waals surface area contributed by atoms with Gasteiger partial charge in [0.2, 0.25) is 5.88 Å². The molecule has 5 nitrogen and oxygen atoms in total. The summed E-state index contributed by atoms with van der Waals surface area (Å²) in [5.41, 5.74) is 5.56. The molecule has 1 fully saturated rings. The third kappa shape index (κ3) is 3.85. The van der Waals surface area contributed by atoms with E-state index in [0.29, 0.717) is 37.0 Å². The molecule has 1 atom stereocenters. The minimum Gasteiger partial charge on any atom is -0.471 e. The van der Waals surface area contributed by atoms with Gasteiger partial charge in [0.05, 0.1) is 17.7 Å². The number of ether oxygens (including phenoxy) is 1. The Balaban J connectivity index is 1.72. The molecule has 3 rings (SSSR count). The van der Waals surface area contributed by atoms with Gasteiger partial charge in [-0.25, -0.2) is 4.98 Å². The molecular weight excluding hydrogens is 371 g/mol. The molecule has 2 heterocycles. The van der Waals surface area contributed by atoms with Crippen molar-refractivity contribution in [1.82, 2.24) is 4.98 Å².